The maximum absolute atomic E-state index is 8.80. The Balaban J connectivity index is 1.56. The average molecular weight is 332 g/mol. The number of ether oxygens (including phenoxy) is 1. The van der Waals surface area contributed by atoms with Gasteiger partial charge in [0.2, 0.25) is 0 Å². The molecule has 0 aliphatic carbocycles. The van der Waals surface area contributed by atoms with Crippen molar-refractivity contribution in [1.29, 1.82) is 0 Å². The second kappa shape index (κ2) is 8.91. The third-order valence-corrected chi connectivity index (χ3v) is 4.14. The number of nitrogens with zero attached hydrogens (tertiary/aromatic N) is 4. The zero-order chi connectivity index (χ0) is 17.3. The zero-order valence-electron chi connectivity index (χ0n) is 14.0. The maximum atomic E-state index is 8.80. The Morgan fingerprint density at radius 1 is 1.08 bits per heavy atom. The lowest BCUT2D eigenvalue weighted by Gasteiger charge is -2.15. The van der Waals surface area contributed by atoms with Gasteiger partial charge in [0, 0.05) is 30.1 Å². The normalized spacial score (nSPS) is 19.7. The van der Waals surface area contributed by atoms with Crippen LogP contribution >= 0.6 is 0 Å². The summed E-state index contributed by atoms with van der Waals surface area (Å²) in [5, 5.41) is 3.90. The van der Waals surface area contributed by atoms with E-state index >= 15 is 0 Å². The largest absolute Gasteiger partial charge is 0.364 e. The predicted octanol–water partition coefficient (Wildman–Crippen LogP) is 3.62. The predicted molar refractivity (Wildman–Crippen MR) is 97.7 cm³/mol. The second-order valence-electron chi connectivity index (χ2n) is 5.97. The summed E-state index contributed by atoms with van der Waals surface area (Å²) in [7, 11) is 0. The SMILES string of the molecule is [N-]=[N+]=N[C@@H]1CN(Cc2ccccc2)C[C@H]1OCC#Cc1ccccc1. The molecule has 2 aromatic carbocycles. The minimum absolute atomic E-state index is 0.121. The molecular formula is C20H20N4O. The number of benzene rings is 2. The van der Waals surface area contributed by atoms with E-state index in [-0.39, 0.29) is 12.1 Å². The highest BCUT2D eigenvalue weighted by Gasteiger charge is 2.32. The van der Waals surface area contributed by atoms with E-state index in [1.54, 1.807) is 0 Å². The van der Waals surface area contributed by atoms with Gasteiger partial charge in [0.25, 0.3) is 0 Å². The van der Waals surface area contributed by atoms with Gasteiger partial charge in [-0.1, -0.05) is 65.5 Å². The highest BCUT2D eigenvalue weighted by Crippen LogP contribution is 2.19. The Labute approximate surface area is 147 Å². The molecule has 0 bridgehead atoms. The van der Waals surface area contributed by atoms with Crippen molar-refractivity contribution in [2.75, 3.05) is 19.7 Å². The van der Waals surface area contributed by atoms with Crippen LogP contribution in [0.15, 0.2) is 65.8 Å². The highest BCUT2D eigenvalue weighted by molar-refractivity contribution is 5.33. The quantitative estimate of drug-likeness (QED) is 0.363. The fourth-order valence-electron chi connectivity index (χ4n) is 2.95. The van der Waals surface area contributed by atoms with Crippen LogP contribution in [0, 0.1) is 11.8 Å². The lowest BCUT2D eigenvalue weighted by Crippen LogP contribution is -2.25. The van der Waals surface area contributed by atoms with E-state index in [2.05, 4.69) is 38.9 Å². The van der Waals surface area contributed by atoms with Crippen LogP contribution in [0.2, 0.25) is 0 Å². The van der Waals surface area contributed by atoms with E-state index in [1.165, 1.54) is 5.56 Å². The summed E-state index contributed by atoms with van der Waals surface area (Å²) < 4.78 is 5.88. The van der Waals surface area contributed by atoms with Crippen LogP contribution in [-0.2, 0) is 11.3 Å². The molecule has 1 aliphatic heterocycles. The van der Waals surface area contributed by atoms with Gasteiger partial charge in [-0.15, -0.1) is 0 Å². The molecule has 2 atom stereocenters. The van der Waals surface area contributed by atoms with E-state index in [9.17, 15) is 0 Å². The van der Waals surface area contributed by atoms with Crippen molar-refractivity contribution in [2.24, 2.45) is 5.11 Å². The van der Waals surface area contributed by atoms with Crippen molar-refractivity contribution in [3.63, 3.8) is 0 Å². The van der Waals surface area contributed by atoms with Crippen molar-refractivity contribution >= 4 is 0 Å². The fourth-order valence-corrected chi connectivity index (χ4v) is 2.95. The molecule has 25 heavy (non-hydrogen) atoms. The summed E-state index contributed by atoms with van der Waals surface area (Å²) >= 11 is 0. The number of likely N-dealkylation sites (tertiary alicyclic amines) is 1. The molecule has 0 unspecified atom stereocenters. The van der Waals surface area contributed by atoms with E-state index in [1.807, 2.05) is 48.5 Å². The van der Waals surface area contributed by atoms with E-state index < -0.39 is 0 Å². The molecule has 0 saturated carbocycles. The Kier molecular flexibility index (Phi) is 6.08. The number of hydrogen-bond donors (Lipinski definition) is 0. The van der Waals surface area contributed by atoms with Crippen LogP contribution in [0.5, 0.6) is 0 Å². The molecule has 0 aromatic heterocycles. The van der Waals surface area contributed by atoms with Gasteiger partial charge in [-0.3, -0.25) is 4.90 Å². The van der Waals surface area contributed by atoms with Crippen molar-refractivity contribution in [1.82, 2.24) is 4.90 Å². The Morgan fingerprint density at radius 2 is 1.80 bits per heavy atom. The molecule has 3 rings (SSSR count). The molecule has 0 N–H and O–H groups in total. The summed E-state index contributed by atoms with van der Waals surface area (Å²) in [6.07, 6.45) is -0.121. The first-order valence-electron chi connectivity index (χ1n) is 8.31. The summed E-state index contributed by atoms with van der Waals surface area (Å²) in [5.41, 5.74) is 11.0. The molecule has 126 valence electrons. The molecule has 1 fully saturated rings. The first kappa shape index (κ1) is 17.1. The number of hydrogen-bond acceptors (Lipinski definition) is 3. The summed E-state index contributed by atoms with van der Waals surface area (Å²) in [6.45, 7) is 2.60. The average Bonchev–Trinajstić information content (AvgIpc) is 3.02. The lowest BCUT2D eigenvalue weighted by atomic mass is 10.2. The van der Waals surface area contributed by atoms with Gasteiger partial charge in [0.05, 0.1) is 12.1 Å². The van der Waals surface area contributed by atoms with E-state index in [0.717, 1.165) is 18.7 Å². The van der Waals surface area contributed by atoms with Crippen molar-refractivity contribution < 1.29 is 4.74 Å². The van der Waals surface area contributed by atoms with Crippen LogP contribution in [0.4, 0.5) is 0 Å². The Hall–Kier alpha value is -2.77. The van der Waals surface area contributed by atoms with Gasteiger partial charge in [-0.2, -0.15) is 0 Å². The molecular weight excluding hydrogens is 312 g/mol. The summed E-state index contributed by atoms with van der Waals surface area (Å²) in [5.74, 6) is 6.10. The molecule has 0 radical (unpaired) electrons. The van der Waals surface area contributed by atoms with Gasteiger partial charge in [0.1, 0.15) is 6.61 Å². The third-order valence-electron chi connectivity index (χ3n) is 4.14. The van der Waals surface area contributed by atoms with Crippen LogP contribution in [0.3, 0.4) is 0 Å². The van der Waals surface area contributed by atoms with E-state index in [4.69, 9.17) is 10.3 Å². The molecule has 1 aliphatic rings. The van der Waals surface area contributed by atoms with Crippen LogP contribution in [-0.4, -0.2) is 36.7 Å². The second-order valence-corrected chi connectivity index (χ2v) is 5.97. The number of azide groups is 1. The highest BCUT2D eigenvalue weighted by atomic mass is 16.5. The molecule has 0 spiro atoms. The summed E-state index contributed by atoms with van der Waals surface area (Å²) in [6, 6.07) is 19.9. The van der Waals surface area contributed by atoms with Gasteiger partial charge in [-0.05, 0) is 23.2 Å². The minimum atomic E-state index is -0.174. The molecule has 5 heteroatoms. The van der Waals surface area contributed by atoms with Crippen molar-refractivity contribution in [3.05, 3.63) is 82.2 Å². The Bertz CT molecular complexity index is 776. The van der Waals surface area contributed by atoms with Gasteiger partial charge >= 0.3 is 0 Å². The molecule has 5 nitrogen and oxygen atoms in total. The minimum Gasteiger partial charge on any atom is -0.364 e. The first-order valence-corrected chi connectivity index (χ1v) is 8.31. The lowest BCUT2D eigenvalue weighted by molar-refractivity contribution is 0.0742. The van der Waals surface area contributed by atoms with Crippen molar-refractivity contribution in [3.8, 4) is 11.8 Å². The maximum Gasteiger partial charge on any atom is 0.108 e. The van der Waals surface area contributed by atoms with Gasteiger partial charge in [-0.25, -0.2) is 0 Å². The third kappa shape index (κ3) is 5.10. The smallest absolute Gasteiger partial charge is 0.108 e. The number of rotatable bonds is 5. The fraction of sp³-hybridized carbons (Fsp3) is 0.300. The van der Waals surface area contributed by atoms with E-state index in [0.29, 0.717) is 13.2 Å². The first-order chi connectivity index (χ1) is 12.3. The van der Waals surface area contributed by atoms with Crippen molar-refractivity contribution in [2.45, 2.75) is 18.7 Å². The Morgan fingerprint density at radius 3 is 2.52 bits per heavy atom. The molecule has 0 amide bonds. The summed E-state index contributed by atoms with van der Waals surface area (Å²) in [4.78, 5) is 5.22. The van der Waals surface area contributed by atoms with Crippen LogP contribution < -0.4 is 0 Å². The van der Waals surface area contributed by atoms with Crippen LogP contribution in [0.1, 0.15) is 11.1 Å². The molecule has 1 heterocycles. The standard InChI is InChI=1S/C20H20N4O/c21-23-22-19-15-24(14-18-10-5-2-6-11-18)16-20(19)25-13-7-12-17-8-3-1-4-9-17/h1-6,8-11,19-20H,13-16H2/t19-,20-/m1/s1. The van der Waals surface area contributed by atoms with Crippen LogP contribution in [0.25, 0.3) is 10.4 Å². The molecule has 1 saturated heterocycles. The molecule has 2 aromatic rings. The van der Waals surface area contributed by atoms with Gasteiger partial charge < -0.3 is 4.74 Å². The monoisotopic (exact) mass is 332 g/mol. The zero-order valence-corrected chi connectivity index (χ0v) is 14.0. The topological polar surface area (TPSA) is 61.2 Å². The van der Waals surface area contributed by atoms with Gasteiger partial charge in [0.15, 0.2) is 0 Å².